The van der Waals surface area contributed by atoms with Gasteiger partial charge in [0.05, 0.1) is 5.92 Å². The van der Waals surface area contributed by atoms with Crippen molar-refractivity contribution in [1.29, 1.82) is 0 Å². The second-order valence-electron chi connectivity index (χ2n) is 6.25. The second-order valence-corrected chi connectivity index (χ2v) is 6.25. The van der Waals surface area contributed by atoms with E-state index in [9.17, 15) is 4.79 Å². The van der Waals surface area contributed by atoms with Crippen LogP contribution in [0.3, 0.4) is 0 Å². The molecule has 3 N–H and O–H groups in total. The maximum absolute atomic E-state index is 11.2. The normalized spacial score (nSPS) is 41.9. The van der Waals surface area contributed by atoms with Crippen LogP contribution in [-0.2, 0) is 4.79 Å². The zero-order valence-corrected chi connectivity index (χ0v) is 10.5. The maximum Gasteiger partial charge on any atom is 0.222 e. The summed E-state index contributed by atoms with van der Waals surface area (Å²) in [5.41, 5.74) is 5.40. The third-order valence-corrected chi connectivity index (χ3v) is 5.40. The first-order valence-electron chi connectivity index (χ1n) is 7.31. The van der Waals surface area contributed by atoms with Crippen molar-refractivity contribution in [2.45, 2.75) is 63.5 Å². The van der Waals surface area contributed by atoms with Gasteiger partial charge in [0.1, 0.15) is 0 Å². The van der Waals surface area contributed by atoms with Crippen molar-refractivity contribution in [3.63, 3.8) is 0 Å². The van der Waals surface area contributed by atoms with E-state index in [1.54, 1.807) is 0 Å². The van der Waals surface area contributed by atoms with Gasteiger partial charge in [-0.2, -0.15) is 0 Å². The quantitative estimate of drug-likeness (QED) is 0.782. The Hall–Kier alpha value is -0.570. The van der Waals surface area contributed by atoms with Gasteiger partial charge in [0.15, 0.2) is 0 Å². The second kappa shape index (κ2) is 4.60. The topological polar surface area (TPSA) is 55.1 Å². The highest BCUT2D eigenvalue weighted by molar-refractivity contribution is 5.78. The molecule has 3 fully saturated rings. The van der Waals surface area contributed by atoms with Crippen LogP contribution in [0.4, 0.5) is 0 Å². The number of nitrogens with two attached hydrogens (primary N) is 1. The van der Waals surface area contributed by atoms with Crippen LogP contribution in [-0.4, -0.2) is 18.0 Å². The Morgan fingerprint density at radius 2 is 1.65 bits per heavy atom. The molecule has 0 spiro atoms. The fourth-order valence-electron chi connectivity index (χ4n) is 4.00. The van der Waals surface area contributed by atoms with Gasteiger partial charge in [0.2, 0.25) is 5.91 Å². The molecule has 3 heteroatoms. The van der Waals surface area contributed by atoms with E-state index in [-0.39, 0.29) is 11.8 Å². The lowest BCUT2D eigenvalue weighted by Crippen LogP contribution is -2.58. The van der Waals surface area contributed by atoms with E-state index in [1.165, 1.54) is 38.5 Å². The summed E-state index contributed by atoms with van der Waals surface area (Å²) in [5.74, 6) is 1.87. The van der Waals surface area contributed by atoms with Crippen LogP contribution in [0.1, 0.15) is 51.4 Å². The van der Waals surface area contributed by atoms with Crippen LogP contribution in [0.15, 0.2) is 0 Å². The number of nitrogens with one attached hydrogen (secondary N) is 1. The molecule has 1 amide bonds. The van der Waals surface area contributed by atoms with Crippen LogP contribution < -0.4 is 11.1 Å². The predicted octanol–water partition coefficient (Wildman–Crippen LogP) is 1.81. The Balaban J connectivity index is 1.50. The fraction of sp³-hybridized carbons (Fsp3) is 0.929. The third-order valence-electron chi connectivity index (χ3n) is 5.40. The zero-order valence-electron chi connectivity index (χ0n) is 10.5. The molecule has 0 aliphatic heterocycles. The molecule has 4 atom stereocenters. The third kappa shape index (κ3) is 2.10. The minimum atomic E-state index is -0.106. The molecule has 3 rings (SSSR count). The standard InChI is InChI=1S/C14H24N2O/c15-14(17)11-6-8-13(11)16-12-7-5-10(12)9-3-1-2-4-9/h9-13,16H,1-8H2,(H2,15,17). The molecule has 17 heavy (non-hydrogen) atoms. The van der Waals surface area contributed by atoms with Gasteiger partial charge >= 0.3 is 0 Å². The summed E-state index contributed by atoms with van der Waals surface area (Å²) < 4.78 is 0. The van der Waals surface area contributed by atoms with Gasteiger partial charge < -0.3 is 11.1 Å². The molecule has 0 bridgehead atoms. The Morgan fingerprint density at radius 3 is 2.12 bits per heavy atom. The number of carbonyl (C=O) groups excluding carboxylic acids is 1. The average Bonchev–Trinajstić information content (AvgIpc) is 2.67. The monoisotopic (exact) mass is 236 g/mol. The molecule has 0 saturated heterocycles. The summed E-state index contributed by atoms with van der Waals surface area (Å²) in [4.78, 5) is 11.2. The largest absolute Gasteiger partial charge is 0.369 e. The molecule has 0 aromatic carbocycles. The van der Waals surface area contributed by atoms with Crippen LogP contribution in [0.2, 0.25) is 0 Å². The first-order chi connectivity index (χ1) is 8.25. The fourth-order valence-corrected chi connectivity index (χ4v) is 4.00. The van der Waals surface area contributed by atoms with Crippen LogP contribution in [0.25, 0.3) is 0 Å². The highest BCUT2D eigenvalue weighted by atomic mass is 16.1. The minimum absolute atomic E-state index is 0.106. The molecule has 0 heterocycles. The molecule has 0 radical (unpaired) electrons. The summed E-state index contributed by atoms with van der Waals surface area (Å²) >= 11 is 0. The first-order valence-corrected chi connectivity index (χ1v) is 7.31. The van der Waals surface area contributed by atoms with Crippen LogP contribution >= 0.6 is 0 Å². The average molecular weight is 236 g/mol. The van der Waals surface area contributed by atoms with E-state index in [1.807, 2.05) is 0 Å². The smallest absolute Gasteiger partial charge is 0.222 e. The number of hydrogen-bond donors (Lipinski definition) is 2. The SMILES string of the molecule is NC(=O)C1CCC1NC1CCC1C1CCCC1. The van der Waals surface area contributed by atoms with Gasteiger partial charge in [-0.15, -0.1) is 0 Å². The van der Waals surface area contributed by atoms with Gasteiger partial charge in [-0.25, -0.2) is 0 Å². The number of hydrogen-bond acceptors (Lipinski definition) is 2. The van der Waals surface area contributed by atoms with E-state index in [4.69, 9.17) is 5.73 Å². The highest BCUT2D eigenvalue weighted by Crippen LogP contribution is 2.43. The van der Waals surface area contributed by atoms with E-state index >= 15 is 0 Å². The molecule has 3 aliphatic carbocycles. The van der Waals surface area contributed by atoms with Crippen LogP contribution in [0.5, 0.6) is 0 Å². The number of primary amides is 1. The molecule has 3 nitrogen and oxygen atoms in total. The van der Waals surface area contributed by atoms with Crippen molar-refractivity contribution in [1.82, 2.24) is 5.32 Å². The van der Waals surface area contributed by atoms with Crippen molar-refractivity contribution in [3.05, 3.63) is 0 Å². The van der Waals surface area contributed by atoms with Gasteiger partial charge in [0.25, 0.3) is 0 Å². The summed E-state index contributed by atoms with van der Waals surface area (Å²) in [6.07, 6.45) is 10.6. The maximum atomic E-state index is 11.2. The molecule has 96 valence electrons. The summed E-state index contributed by atoms with van der Waals surface area (Å²) in [7, 11) is 0. The van der Waals surface area contributed by atoms with Gasteiger partial charge in [-0.1, -0.05) is 25.7 Å². The minimum Gasteiger partial charge on any atom is -0.369 e. The molecule has 4 unspecified atom stereocenters. The van der Waals surface area contributed by atoms with E-state index in [2.05, 4.69) is 5.32 Å². The Kier molecular flexibility index (Phi) is 3.12. The Labute approximate surface area is 104 Å². The van der Waals surface area contributed by atoms with Crippen molar-refractivity contribution in [2.75, 3.05) is 0 Å². The molecular weight excluding hydrogens is 212 g/mol. The molecule has 3 saturated carbocycles. The van der Waals surface area contributed by atoms with Crippen molar-refractivity contribution < 1.29 is 4.79 Å². The predicted molar refractivity (Wildman–Crippen MR) is 67.3 cm³/mol. The Bertz CT molecular complexity index is 299. The summed E-state index contributed by atoms with van der Waals surface area (Å²) in [5, 5.41) is 3.71. The summed E-state index contributed by atoms with van der Waals surface area (Å²) in [6, 6.07) is 1.08. The van der Waals surface area contributed by atoms with Gasteiger partial charge in [-0.05, 0) is 37.5 Å². The van der Waals surface area contributed by atoms with E-state index < -0.39 is 0 Å². The zero-order chi connectivity index (χ0) is 11.8. The van der Waals surface area contributed by atoms with Crippen LogP contribution in [0, 0.1) is 17.8 Å². The van der Waals surface area contributed by atoms with E-state index in [0.717, 1.165) is 24.7 Å². The van der Waals surface area contributed by atoms with E-state index in [0.29, 0.717) is 12.1 Å². The lowest BCUT2D eigenvalue weighted by Gasteiger charge is -2.47. The first kappa shape index (κ1) is 11.5. The van der Waals surface area contributed by atoms with Crippen molar-refractivity contribution in [2.24, 2.45) is 23.5 Å². The summed E-state index contributed by atoms with van der Waals surface area (Å²) in [6.45, 7) is 0. The highest BCUT2D eigenvalue weighted by Gasteiger charge is 2.42. The number of amides is 1. The molecule has 0 aromatic rings. The van der Waals surface area contributed by atoms with Crippen molar-refractivity contribution >= 4 is 5.91 Å². The van der Waals surface area contributed by atoms with Crippen molar-refractivity contribution in [3.8, 4) is 0 Å². The number of carbonyl (C=O) groups is 1. The Morgan fingerprint density at radius 1 is 0.941 bits per heavy atom. The number of rotatable bonds is 4. The lowest BCUT2D eigenvalue weighted by atomic mass is 9.69. The van der Waals surface area contributed by atoms with Gasteiger partial charge in [0, 0.05) is 12.1 Å². The molecule has 0 aromatic heterocycles. The molecule has 3 aliphatic rings. The lowest BCUT2D eigenvalue weighted by molar-refractivity contribution is -0.125. The molecular formula is C14H24N2O. The van der Waals surface area contributed by atoms with Gasteiger partial charge in [-0.3, -0.25) is 4.79 Å².